The van der Waals surface area contributed by atoms with Crippen LogP contribution >= 0.6 is 0 Å². The number of rotatable bonds is 5. The maximum Gasteiger partial charge on any atom is 0.274 e. The van der Waals surface area contributed by atoms with Gasteiger partial charge in [0.25, 0.3) is 5.91 Å². The van der Waals surface area contributed by atoms with Gasteiger partial charge in [-0.05, 0) is 19.8 Å². The molecular weight excluding hydrogens is 356 g/mol. The highest BCUT2D eigenvalue weighted by Crippen LogP contribution is 2.26. The Bertz CT molecular complexity index is 912. The number of carbonyl (C=O) groups excluding carboxylic acids is 1. The first kappa shape index (κ1) is 18.3. The number of hydrogen-bond acceptors (Lipinski definition) is 6. The lowest BCUT2D eigenvalue weighted by atomic mass is 10.1. The van der Waals surface area contributed by atoms with Crippen molar-refractivity contribution in [3.05, 3.63) is 48.1 Å². The summed E-state index contributed by atoms with van der Waals surface area (Å²) in [5.41, 5.74) is 1.17. The second-order valence-electron chi connectivity index (χ2n) is 7.25. The van der Waals surface area contributed by atoms with Crippen molar-refractivity contribution in [2.45, 2.75) is 57.5 Å². The predicted molar refractivity (Wildman–Crippen MR) is 102 cm³/mol. The van der Waals surface area contributed by atoms with E-state index in [2.05, 4.69) is 25.8 Å². The normalized spacial score (nSPS) is 16.5. The molecule has 0 bridgehead atoms. The van der Waals surface area contributed by atoms with Gasteiger partial charge in [0, 0.05) is 5.56 Å². The zero-order valence-electron chi connectivity index (χ0n) is 15.9. The van der Waals surface area contributed by atoms with Crippen LogP contribution in [-0.2, 0) is 0 Å². The van der Waals surface area contributed by atoms with Crippen molar-refractivity contribution in [1.29, 1.82) is 0 Å². The summed E-state index contributed by atoms with van der Waals surface area (Å²) in [7, 11) is 0. The largest absolute Gasteiger partial charge is 0.339 e. The summed E-state index contributed by atoms with van der Waals surface area (Å²) in [6.45, 7) is 1.80. The molecule has 1 aromatic carbocycles. The first-order valence-electron chi connectivity index (χ1n) is 9.82. The average Bonchev–Trinajstić information content (AvgIpc) is 3.33. The summed E-state index contributed by atoms with van der Waals surface area (Å²) >= 11 is 0. The molecule has 1 saturated carbocycles. The van der Waals surface area contributed by atoms with Crippen LogP contribution in [0.15, 0.2) is 41.1 Å². The van der Waals surface area contributed by atoms with Gasteiger partial charge >= 0.3 is 0 Å². The van der Waals surface area contributed by atoms with Crippen molar-refractivity contribution in [3.63, 3.8) is 0 Å². The van der Waals surface area contributed by atoms with E-state index in [9.17, 15) is 4.79 Å². The van der Waals surface area contributed by atoms with Gasteiger partial charge in [-0.15, -0.1) is 5.10 Å². The summed E-state index contributed by atoms with van der Waals surface area (Å²) in [5, 5.41) is 15.1. The standard InChI is InChI=1S/C20H24N6O2/c1-14(20-22-18(24-28-20)15-9-5-4-6-10-15)21-19(27)17-13-26(25-23-17)16-11-7-2-3-8-12-16/h4-6,9-10,13-14,16H,2-3,7-8,11-12H2,1H3,(H,21,27). The van der Waals surface area contributed by atoms with Crippen LogP contribution in [-0.4, -0.2) is 31.0 Å². The van der Waals surface area contributed by atoms with Crippen molar-refractivity contribution in [2.75, 3.05) is 0 Å². The van der Waals surface area contributed by atoms with E-state index in [0.29, 0.717) is 23.5 Å². The minimum absolute atomic E-state index is 0.299. The van der Waals surface area contributed by atoms with Gasteiger partial charge in [-0.3, -0.25) is 4.79 Å². The van der Waals surface area contributed by atoms with E-state index in [4.69, 9.17) is 4.52 Å². The molecule has 1 unspecified atom stereocenters. The molecule has 0 radical (unpaired) electrons. The Morgan fingerprint density at radius 2 is 1.93 bits per heavy atom. The Morgan fingerprint density at radius 1 is 1.18 bits per heavy atom. The lowest BCUT2D eigenvalue weighted by Crippen LogP contribution is -2.27. The van der Waals surface area contributed by atoms with E-state index in [-0.39, 0.29) is 5.91 Å². The summed E-state index contributed by atoms with van der Waals surface area (Å²) in [6, 6.07) is 9.46. The highest BCUT2D eigenvalue weighted by molar-refractivity contribution is 5.92. The van der Waals surface area contributed by atoms with Crippen molar-refractivity contribution in [1.82, 2.24) is 30.5 Å². The minimum Gasteiger partial charge on any atom is -0.339 e. The van der Waals surface area contributed by atoms with Crippen LogP contribution < -0.4 is 5.32 Å². The van der Waals surface area contributed by atoms with Crippen LogP contribution in [0.25, 0.3) is 11.4 Å². The molecule has 1 N–H and O–H groups in total. The SMILES string of the molecule is CC(NC(=O)c1cn(C2CCCCCC2)nn1)c1nc(-c2ccccc2)no1. The second-order valence-corrected chi connectivity index (χ2v) is 7.25. The molecule has 8 heteroatoms. The molecule has 146 valence electrons. The Labute approximate surface area is 163 Å². The summed E-state index contributed by atoms with van der Waals surface area (Å²) in [5.74, 6) is 0.547. The predicted octanol–water partition coefficient (Wildman–Crippen LogP) is 3.71. The number of benzene rings is 1. The molecule has 2 heterocycles. The Kier molecular flexibility index (Phi) is 5.45. The van der Waals surface area contributed by atoms with Crippen LogP contribution in [0.2, 0.25) is 0 Å². The molecule has 1 amide bonds. The third kappa shape index (κ3) is 4.11. The fourth-order valence-corrected chi connectivity index (χ4v) is 3.53. The smallest absolute Gasteiger partial charge is 0.274 e. The lowest BCUT2D eigenvalue weighted by molar-refractivity contribution is 0.0927. The zero-order chi connectivity index (χ0) is 19.3. The van der Waals surface area contributed by atoms with Crippen molar-refractivity contribution < 1.29 is 9.32 Å². The van der Waals surface area contributed by atoms with E-state index in [1.54, 1.807) is 13.1 Å². The zero-order valence-corrected chi connectivity index (χ0v) is 15.9. The maximum absolute atomic E-state index is 12.6. The quantitative estimate of drug-likeness (QED) is 0.678. The molecule has 4 rings (SSSR count). The van der Waals surface area contributed by atoms with E-state index in [0.717, 1.165) is 18.4 Å². The van der Waals surface area contributed by atoms with Crippen molar-refractivity contribution >= 4 is 5.91 Å². The number of nitrogens with zero attached hydrogens (tertiary/aromatic N) is 5. The van der Waals surface area contributed by atoms with E-state index >= 15 is 0 Å². The highest BCUT2D eigenvalue weighted by atomic mass is 16.5. The van der Waals surface area contributed by atoms with Gasteiger partial charge in [-0.2, -0.15) is 4.98 Å². The highest BCUT2D eigenvalue weighted by Gasteiger charge is 2.22. The molecule has 2 aromatic heterocycles. The maximum atomic E-state index is 12.6. The van der Waals surface area contributed by atoms with Gasteiger partial charge in [-0.1, -0.05) is 66.4 Å². The fourth-order valence-electron chi connectivity index (χ4n) is 3.53. The van der Waals surface area contributed by atoms with Crippen LogP contribution in [0.3, 0.4) is 0 Å². The lowest BCUT2D eigenvalue weighted by Gasteiger charge is -2.13. The second kappa shape index (κ2) is 8.33. The van der Waals surface area contributed by atoms with Crippen LogP contribution in [0, 0.1) is 0 Å². The Morgan fingerprint density at radius 3 is 2.68 bits per heavy atom. The third-order valence-electron chi connectivity index (χ3n) is 5.13. The number of hydrogen-bond donors (Lipinski definition) is 1. The summed E-state index contributed by atoms with van der Waals surface area (Å²) in [6.07, 6.45) is 8.85. The molecule has 0 spiro atoms. The number of amides is 1. The number of carbonyl (C=O) groups is 1. The monoisotopic (exact) mass is 380 g/mol. The third-order valence-corrected chi connectivity index (χ3v) is 5.13. The van der Waals surface area contributed by atoms with Crippen LogP contribution in [0.4, 0.5) is 0 Å². The average molecular weight is 380 g/mol. The van der Waals surface area contributed by atoms with Gasteiger partial charge in [0.15, 0.2) is 5.69 Å². The molecule has 3 aromatic rings. The molecule has 0 aliphatic heterocycles. The van der Waals surface area contributed by atoms with Gasteiger partial charge in [0.1, 0.15) is 6.04 Å². The molecular formula is C20H24N6O2. The molecule has 1 aliphatic carbocycles. The van der Waals surface area contributed by atoms with Gasteiger partial charge in [0.05, 0.1) is 12.2 Å². The first-order valence-corrected chi connectivity index (χ1v) is 9.82. The number of aromatic nitrogens is 5. The molecule has 1 aliphatic rings. The van der Waals surface area contributed by atoms with Gasteiger partial charge in [-0.25, -0.2) is 4.68 Å². The molecule has 0 saturated heterocycles. The Hall–Kier alpha value is -3.03. The van der Waals surface area contributed by atoms with Crippen molar-refractivity contribution in [2.24, 2.45) is 0 Å². The summed E-state index contributed by atoms with van der Waals surface area (Å²) in [4.78, 5) is 16.9. The number of nitrogens with one attached hydrogen (secondary N) is 1. The van der Waals surface area contributed by atoms with Crippen molar-refractivity contribution in [3.8, 4) is 11.4 Å². The summed E-state index contributed by atoms with van der Waals surface area (Å²) < 4.78 is 7.15. The Balaban J connectivity index is 1.40. The first-order chi connectivity index (χ1) is 13.7. The molecule has 1 atom stereocenters. The fraction of sp³-hybridized carbons (Fsp3) is 0.450. The topological polar surface area (TPSA) is 98.7 Å². The molecule has 1 fully saturated rings. The minimum atomic E-state index is -0.430. The molecule has 28 heavy (non-hydrogen) atoms. The van der Waals surface area contributed by atoms with E-state index in [1.807, 2.05) is 35.0 Å². The van der Waals surface area contributed by atoms with E-state index < -0.39 is 6.04 Å². The van der Waals surface area contributed by atoms with Gasteiger partial charge in [0.2, 0.25) is 11.7 Å². The van der Waals surface area contributed by atoms with Crippen LogP contribution in [0.5, 0.6) is 0 Å². The van der Waals surface area contributed by atoms with E-state index in [1.165, 1.54) is 25.7 Å². The van der Waals surface area contributed by atoms with Crippen LogP contribution in [0.1, 0.15) is 73.9 Å². The molecule has 8 nitrogen and oxygen atoms in total. The van der Waals surface area contributed by atoms with Gasteiger partial charge < -0.3 is 9.84 Å².